The maximum Gasteiger partial charge on any atom is 0.150 e. The Morgan fingerprint density at radius 3 is 2.28 bits per heavy atom. The summed E-state index contributed by atoms with van der Waals surface area (Å²) in [6.45, 7) is 12.6. The lowest BCUT2D eigenvalue weighted by Gasteiger charge is -2.29. The molecule has 0 aromatic rings. The molecule has 18 heavy (non-hydrogen) atoms. The largest absolute Gasteiger partial charge is 0.316 e. The van der Waals surface area contributed by atoms with Crippen molar-refractivity contribution in [3.8, 4) is 0 Å². The third-order valence-electron chi connectivity index (χ3n) is 3.63. The second-order valence-corrected chi connectivity index (χ2v) is 8.50. The molecule has 0 amide bonds. The summed E-state index contributed by atoms with van der Waals surface area (Å²) in [5.41, 5.74) is 0.220. The average molecular weight is 277 g/mol. The van der Waals surface area contributed by atoms with Gasteiger partial charge in [0, 0.05) is 12.3 Å². The third kappa shape index (κ3) is 8.09. The van der Waals surface area contributed by atoms with E-state index in [0.29, 0.717) is 11.7 Å². The second-order valence-electron chi connectivity index (χ2n) is 6.03. The van der Waals surface area contributed by atoms with Gasteiger partial charge in [0.05, 0.1) is 5.75 Å². The number of hydrogen-bond acceptors (Lipinski definition) is 3. The SMILES string of the molecule is CCC(C)(CCCS(=O)(=O)CC)CNCC(C)C. The van der Waals surface area contributed by atoms with Crippen molar-refractivity contribution in [2.24, 2.45) is 11.3 Å². The van der Waals surface area contributed by atoms with Crippen LogP contribution in [0.1, 0.15) is 53.9 Å². The molecule has 0 aliphatic heterocycles. The fraction of sp³-hybridized carbons (Fsp3) is 1.00. The van der Waals surface area contributed by atoms with Gasteiger partial charge in [0.1, 0.15) is 9.84 Å². The molecule has 0 heterocycles. The standard InChI is InChI=1S/C14H31NO2S/c1-6-14(5,12-15-11-13(3)4)9-8-10-18(16,17)7-2/h13,15H,6-12H2,1-5H3. The second kappa shape index (κ2) is 8.16. The van der Waals surface area contributed by atoms with Crippen molar-refractivity contribution >= 4 is 9.84 Å². The van der Waals surface area contributed by atoms with Crippen LogP contribution in [0.4, 0.5) is 0 Å². The highest BCUT2D eigenvalue weighted by molar-refractivity contribution is 7.91. The van der Waals surface area contributed by atoms with Crippen molar-refractivity contribution in [1.82, 2.24) is 5.32 Å². The zero-order valence-electron chi connectivity index (χ0n) is 12.8. The van der Waals surface area contributed by atoms with Crippen molar-refractivity contribution in [1.29, 1.82) is 0 Å². The van der Waals surface area contributed by atoms with Crippen molar-refractivity contribution in [3.05, 3.63) is 0 Å². The van der Waals surface area contributed by atoms with Gasteiger partial charge in [0.15, 0.2) is 0 Å². The number of hydrogen-bond donors (Lipinski definition) is 1. The van der Waals surface area contributed by atoms with Gasteiger partial charge in [-0.05, 0) is 37.1 Å². The molecule has 0 saturated heterocycles. The Labute approximate surface area is 114 Å². The van der Waals surface area contributed by atoms with E-state index in [1.807, 2.05) is 0 Å². The Balaban J connectivity index is 4.07. The van der Waals surface area contributed by atoms with Gasteiger partial charge in [-0.3, -0.25) is 0 Å². The van der Waals surface area contributed by atoms with Gasteiger partial charge in [-0.1, -0.05) is 34.6 Å². The van der Waals surface area contributed by atoms with Gasteiger partial charge >= 0.3 is 0 Å². The molecule has 1 N–H and O–H groups in total. The molecule has 4 heteroatoms. The molecule has 0 aliphatic carbocycles. The summed E-state index contributed by atoms with van der Waals surface area (Å²) >= 11 is 0. The Hall–Kier alpha value is -0.0900. The van der Waals surface area contributed by atoms with E-state index < -0.39 is 9.84 Å². The molecule has 0 saturated carbocycles. The summed E-state index contributed by atoms with van der Waals surface area (Å²) in [5.74, 6) is 1.26. The number of nitrogens with one attached hydrogen (secondary N) is 1. The van der Waals surface area contributed by atoms with E-state index in [1.54, 1.807) is 6.92 Å². The quantitative estimate of drug-likeness (QED) is 0.668. The molecule has 0 rings (SSSR count). The fourth-order valence-electron chi connectivity index (χ4n) is 1.92. The Morgan fingerprint density at radius 1 is 1.22 bits per heavy atom. The highest BCUT2D eigenvalue weighted by Gasteiger charge is 2.22. The zero-order valence-corrected chi connectivity index (χ0v) is 13.6. The zero-order chi connectivity index (χ0) is 14.2. The topological polar surface area (TPSA) is 46.2 Å². The molecule has 1 unspecified atom stereocenters. The van der Waals surface area contributed by atoms with Crippen molar-refractivity contribution in [2.45, 2.75) is 53.9 Å². The Morgan fingerprint density at radius 2 is 1.83 bits per heavy atom. The monoisotopic (exact) mass is 277 g/mol. The first-order chi connectivity index (χ1) is 8.24. The predicted molar refractivity (Wildman–Crippen MR) is 79.7 cm³/mol. The van der Waals surface area contributed by atoms with Crippen LogP contribution >= 0.6 is 0 Å². The summed E-state index contributed by atoms with van der Waals surface area (Å²) in [4.78, 5) is 0. The van der Waals surface area contributed by atoms with Crippen LogP contribution in [0.25, 0.3) is 0 Å². The maximum atomic E-state index is 11.5. The van der Waals surface area contributed by atoms with E-state index in [2.05, 4.69) is 33.0 Å². The van der Waals surface area contributed by atoms with E-state index in [0.717, 1.165) is 32.4 Å². The molecule has 0 radical (unpaired) electrons. The minimum absolute atomic E-state index is 0.220. The summed E-state index contributed by atoms with van der Waals surface area (Å²) in [7, 11) is -2.80. The molecular weight excluding hydrogens is 246 g/mol. The number of sulfone groups is 1. The fourth-order valence-corrected chi connectivity index (χ4v) is 2.79. The molecule has 0 bridgehead atoms. The van der Waals surface area contributed by atoms with Crippen molar-refractivity contribution < 1.29 is 8.42 Å². The van der Waals surface area contributed by atoms with Gasteiger partial charge in [-0.25, -0.2) is 8.42 Å². The summed E-state index contributed by atoms with van der Waals surface area (Å²) < 4.78 is 22.9. The molecule has 110 valence electrons. The predicted octanol–water partition coefficient (Wildman–Crippen LogP) is 2.86. The van der Waals surface area contributed by atoms with E-state index >= 15 is 0 Å². The van der Waals surface area contributed by atoms with Crippen LogP contribution < -0.4 is 5.32 Å². The number of rotatable bonds is 10. The molecule has 0 fully saturated rings. The maximum absolute atomic E-state index is 11.5. The van der Waals surface area contributed by atoms with E-state index in [-0.39, 0.29) is 11.2 Å². The van der Waals surface area contributed by atoms with Crippen LogP contribution in [0.3, 0.4) is 0 Å². The lowest BCUT2D eigenvalue weighted by atomic mass is 9.83. The van der Waals surface area contributed by atoms with Crippen LogP contribution in [0.15, 0.2) is 0 Å². The molecular formula is C14H31NO2S. The lowest BCUT2D eigenvalue weighted by Crippen LogP contribution is -2.33. The molecule has 0 aliphatic rings. The van der Waals surface area contributed by atoms with Gasteiger partial charge < -0.3 is 5.32 Å². The van der Waals surface area contributed by atoms with E-state index in [9.17, 15) is 8.42 Å². The van der Waals surface area contributed by atoms with Gasteiger partial charge in [-0.15, -0.1) is 0 Å². The minimum atomic E-state index is -2.80. The van der Waals surface area contributed by atoms with Gasteiger partial charge in [0.25, 0.3) is 0 Å². The molecule has 0 aromatic heterocycles. The van der Waals surface area contributed by atoms with Crippen LogP contribution in [0.2, 0.25) is 0 Å². The third-order valence-corrected chi connectivity index (χ3v) is 5.42. The highest BCUT2D eigenvalue weighted by Crippen LogP contribution is 2.26. The highest BCUT2D eigenvalue weighted by atomic mass is 32.2. The van der Waals surface area contributed by atoms with Crippen molar-refractivity contribution in [2.75, 3.05) is 24.6 Å². The Kier molecular flexibility index (Phi) is 8.11. The molecule has 0 aromatic carbocycles. The van der Waals surface area contributed by atoms with Crippen LogP contribution in [-0.2, 0) is 9.84 Å². The molecule has 1 atom stereocenters. The van der Waals surface area contributed by atoms with E-state index in [4.69, 9.17) is 0 Å². The minimum Gasteiger partial charge on any atom is -0.316 e. The lowest BCUT2D eigenvalue weighted by molar-refractivity contribution is 0.263. The summed E-state index contributed by atoms with van der Waals surface area (Å²) in [6, 6.07) is 0. The molecule has 0 spiro atoms. The first kappa shape index (κ1) is 17.9. The first-order valence-corrected chi connectivity index (χ1v) is 8.98. The van der Waals surface area contributed by atoms with Crippen LogP contribution in [0.5, 0.6) is 0 Å². The average Bonchev–Trinajstić information content (AvgIpc) is 2.28. The summed E-state index contributed by atoms with van der Waals surface area (Å²) in [6.07, 6.45) is 2.85. The van der Waals surface area contributed by atoms with Gasteiger partial charge in [-0.2, -0.15) is 0 Å². The smallest absolute Gasteiger partial charge is 0.150 e. The van der Waals surface area contributed by atoms with Crippen LogP contribution in [-0.4, -0.2) is 33.0 Å². The summed E-state index contributed by atoms with van der Waals surface area (Å²) in [5, 5.41) is 3.49. The Bertz CT molecular complexity index is 312. The van der Waals surface area contributed by atoms with Crippen LogP contribution in [0, 0.1) is 11.3 Å². The normalized spacial score (nSPS) is 15.9. The van der Waals surface area contributed by atoms with Gasteiger partial charge in [0.2, 0.25) is 0 Å². The first-order valence-electron chi connectivity index (χ1n) is 7.16. The molecule has 3 nitrogen and oxygen atoms in total. The van der Waals surface area contributed by atoms with E-state index in [1.165, 1.54) is 0 Å². The van der Waals surface area contributed by atoms with Crippen molar-refractivity contribution in [3.63, 3.8) is 0 Å².